The molecule has 2 fully saturated rings. The maximum atomic E-state index is 15.2. The number of ketones is 1. The molecule has 3 aromatic rings. The number of fused-ring (bicyclic) bond motifs is 13. The number of aromatic hydroxyl groups is 2. The van der Waals surface area contributed by atoms with Crippen molar-refractivity contribution in [3.63, 3.8) is 0 Å². The van der Waals surface area contributed by atoms with Gasteiger partial charge < -0.3 is 59.4 Å². The van der Waals surface area contributed by atoms with Gasteiger partial charge in [0.05, 0.1) is 46.8 Å². The highest BCUT2D eigenvalue weighted by Gasteiger charge is 2.52. The number of aliphatic hydroxyl groups excluding tert-OH is 2. The number of rotatable bonds is 8. The van der Waals surface area contributed by atoms with E-state index in [9.17, 15) is 34.8 Å². The van der Waals surface area contributed by atoms with Gasteiger partial charge in [0.2, 0.25) is 5.91 Å². The zero-order chi connectivity index (χ0) is 55.7. The van der Waals surface area contributed by atoms with E-state index >= 15 is 4.79 Å². The number of hydrogen-bond donors (Lipinski definition) is 5. The molecular formula is C59H72N6O12. The number of aliphatic hydroxyl groups is 2. The number of carbonyl (C=O) groups is 4. The summed E-state index contributed by atoms with van der Waals surface area (Å²) in [5.41, 5.74) is 0.0891. The first-order chi connectivity index (χ1) is 36.7. The van der Waals surface area contributed by atoms with Crippen LogP contribution in [0, 0.1) is 48.9 Å². The van der Waals surface area contributed by atoms with E-state index in [2.05, 4.69) is 41.5 Å². The molecule has 2 amide bonds. The van der Waals surface area contributed by atoms with Crippen LogP contribution in [-0.2, 0) is 28.6 Å². The number of likely N-dealkylation sites (tertiary alicyclic amines) is 1. The third-order valence-corrected chi connectivity index (χ3v) is 15.8. The Morgan fingerprint density at radius 1 is 0.948 bits per heavy atom. The van der Waals surface area contributed by atoms with Crippen molar-refractivity contribution in [3.8, 4) is 29.6 Å². The van der Waals surface area contributed by atoms with Gasteiger partial charge in [-0.1, -0.05) is 83.5 Å². The molecule has 77 heavy (non-hydrogen) atoms. The number of allylic oxidation sites excluding steroid dienone is 2. The summed E-state index contributed by atoms with van der Waals surface area (Å²) in [7, 11) is 1.36. The fourth-order valence-corrected chi connectivity index (χ4v) is 11.2. The van der Waals surface area contributed by atoms with E-state index in [1.54, 1.807) is 44.7 Å². The van der Waals surface area contributed by atoms with Crippen molar-refractivity contribution in [2.45, 2.75) is 104 Å². The Bertz CT molecular complexity index is 3060. The van der Waals surface area contributed by atoms with Crippen LogP contribution in [0.15, 0.2) is 89.1 Å². The number of esters is 1. The van der Waals surface area contributed by atoms with Crippen LogP contribution in [0.2, 0.25) is 0 Å². The van der Waals surface area contributed by atoms with Gasteiger partial charge in [-0.3, -0.25) is 29.2 Å². The summed E-state index contributed by atoms with van der Waals surface area (Å²) in [6.45, 7) is 20.3. The van der Waals surface area contributed by atoms with Crippen LogP contribution in [0.3, 0.4) is 0 Å². The highest BCUT2D eigenvalue weighted by Crippen LogP contribution is 2.50. The van der Waals surface area contributed by atoms with Crippen molar-refractivity contribution in [2.24, 2.45) is 39.6 Å². The molecule has 0 aromatic heterocycles. The third kappa shape index (κ3) is 11.0. The maximum Gasteiger partial charge on any atom is 0.336 e. The number of hydrogen-bond acceptors (Lipinski definition) is 16. The first kappa shape index (κ1) is 56.2. The Labute approximate surface area is 449 Å². The molecule has 3 aromatic carbocycles. The van der Waals surface area contributed by atoms with Crippen LogP contribution < -0.4 is 25.7 Å². The number of nitrogens with one attached hydrogen (secondary N) is 1. The Kier molecular flexibility index (Phi) is 16.7. The van der Waals surface area contributed by atoms with Gasteiger partial charge in [-0.15, -0.1) is 6.42 Å². The fraction of sp³-hybridized carbons (Fsp3) is 0.492. The summed E-state index contributed by atoms with van der Waals surface area (Å²) in [5, 5.41) is 51.1. The average molecular weight is 1060 g/mol. The smallest absolute Gasteiger partial charge is 0.336 e. The third-order valence-electron chi connectivity index (χ3n) is 15.8. The first-order valence-corrected chi connectivity index (χ1v) is 26.5. The first-order valence-electron chi connectivity index (χ1n) is 26.5. The van der Waals surface area contributed by atoms with Crippen molar-refractivity contribution in [3.05, 3.63) is 101 Å². The summed E-state index contributed by atoms with van der Waals surface area (Å²) >= 11 is 0. The van der Waals surface area contributed by atoms with Gasteiger partial charge in [0.15, 0.2) is 11.4 Å². The number of ether oxygens (including phenoxy) is 4. The Hall–Kier alpha value is -7.04. The lowest BCUT2D eigenvalue weighted by Gasteiger charge is -2.38. The molecule has 6 aliphatic rings. The number of para-hydroxylation sites is 1. The summed E-state index contributed by atoms with van der Waals surface area (Å²) in [6.07, 6.45) is 10.1. The second kappa shape index (κ2) is 22.9. The maximum absolute atomic E-state index is 15.2. The van der Waals surface area contributed by atoms with Gasteiger partial charge in [0.25, 0.3) is 11.7 Å². The van der Waals surface area contributed by atoms with E-state index in [4.69, 9.17) is 35.4 Å². The molecule has 9 atom stereocenters. The fourth-order valence-electron chi connectivity index (χ4n) is 11.2. The quantitative estimate of drug-likeness (QED) is 0.0638. The highest BCUT2D eigenvalue weighted by atomic mass is 16.7. The zero-order valence-corrected chi connectivity index (χ0v) is 45.2. The Balaban J connectivity index is 1.18. The van der Waals surface area contributed by atoms with Crippen molar-refractivity contribution in [1.29, 1.82) is 0 Å². The predicted molar refractivity (Wildman–Crippen MR) is 290 cm³/mol. The van der Waals surface area contributed by atoms with Gasteiger partial charge in [-0.25, -0.2) is 0 Å². The van der Waals surface area contributed by atoms with Crippen LogP contribution in [0.1, 0.15) is 76.7 Å². The summed E-state index contributed by atoms with van der Waals surface area (Å²) in [4.78, 5) is 73.3. The van der Waals surface area contributed by atoms with Crippen LogP contribution in [0.5, 0.6) is 17.2 Å². The van der Waals surface area contributed by atoms with Crippen molar-refractivity contribution in [1.82, 2.24) is 9.80 Å². The molecule has 0 unspecified atom stereocenters. The number of carbonyl (C=O) groups excluding carboxylic acids is 4. The SMILES string of the molecule is C#C[C@H]1[C@@H](OC(=O)CC(=O)N2CCN(c3ccccc3)CC2)[C@H](C)[C@H](O)[C@H](C)[C@@H](O)[C@@H](C)/C=C/C=C(/C)C(=O)Nc2c(O)c3c(O)c(C)c4c(c3c3c2=NC2(CCN(CC(C)C)CC2)N=3)C(=O)[C@@](C=C)(O/C=C/[C@@H]1OC)O4. The number of nitrogens with zero attached hydrogens (tertiary/aromatic N) is 5. The van der Waals surface area contributed by atoms with Gasteiger partial charge in [-0.05, 0) is 38.0 Å². The lowest BCUT2D eigenvalue weighted by Crippen LogP contribution is -2.50. The average Bonchev–Trinajstić information content (AvgIpc) is 4.17. The van der Waals surface area contributed by atoms with E-state index in [0.717, 1.165) is 24.6 Å². The van der Waals surface area contributed by atoms with Crippen molar-refractivity contribution < 1.29 is 58.6 Å². The molecule has 18 nitrogen and oxygen atoms in total. The van der Waals surface area contributed by atoms with E-state index in [0.29, 0.717) is 58.0 Å². The number of piperidine rings is 1. The van der Waals surface area contributed by atoms with E-state index < -0.39 is 101 Å². The van der Waals surface area contributed by atoms with Crippen LogP contribution >= 0.6 is 0 Å². The van der Waals surface area contributed by atoms with Gasteiger partial charge in [-0.2, -0.15) is 0 Å². The molecule has 0 aliphatic carbocycles. The number of piperazine rings is 1. The highest BCUT2D eigenvalue weighted by molar-refractivity contribution is 6.20. The van der Waals surface area contributed by atoms with Gasteiger partial charge in [0, 0.05) is 112 Å². The monoisotopic (exact) mass is 1060 g/mol. The Morgan fingerprint density at radius 2 is 1.62 bits per heavy atom. The molecular weight excluding hydrogens is 985 g/mol. The molecule has 5 N–H and O–H groups in total. The summed E-state index contributed by atoms with van der Waals surface area (Å²) in [5.74, 6) is -6.55. The molecule has 0 radical (unpaired) electrons. The molecule has 18 heteroatoms. The minimum absolute atomic E-state index is 0.0406. The molecule has 1 spiro atoms. The number of terminal acetylenes is 1. The molecule has 5 bridgehead atoms. The lowest BCUT2D eigenvalue weighted by atomic mass is 9.78. The van der Waals surface area contributed by atoms with E-state index in [-0.39, 0.29) is 49.6 Å². The van der Waals surface area contributed by atoms with Crippen LogP contribution in [0.25, 0.3) is 10.8 Å². The molecule has 6 heterocycles. The minimum atomic E-state index is -2.27. The van der Waals surface area contributed by atoms with Crippen LogP contribution in [-0.4, -0.2) is 143 Å². The number of phenols is 2. The van der Waals surface area contributed by atoms with Crippen molar-refractivity contribution >= 4 is 45.7 Å². The van der Waals surface area contributed by atoms with Crippen LogP contribution in [0.4, 0.5) is 11.4 Å². The second-order valence-electron chi connectivity index (χ2n) is 21.5. The molecule has 2 saturated heterocycles. The number of phenolic OH excluding ortho intramolecular Hbond substituents is 2. The predicted octanol–water partition coefficient (Wildman–Crippen LogP) is 5.25. The minimum Gasteiger partial charge on any atom is -0.507 e. The number of methoxy groups -OCH3 is 1. The second-order valence-corrected chi connectivity index (χ2v) is 21.5. The summed E-state index contributed by atoms with van der Waals surface area (Å²) in [6, 6.07) is 9.82. The Morgan fingerprint density at radius 3 is 2.26 bits per heavy atom. The standard InChI is InChI=1S/C59H72N6O12/c1-11-40-41(74-10)21-30-75-59(12-2)56(72)46-44-45(52(70)38(9)55(46)77-59)53(71)49(48-47(44)61-58(62-48)22-24-63(25-23-58)32-33(3)4)60-57(73)35(6)18-16-17-34(5)50(68)36(7)51(69)37(8)54(40)76-43(67)31-42(66)65-28-26-64(27-29-65)39-19-14-13-15-20-39/h1,12-21,30,33-34,36-37,40-41,50-51,54,68-71H,2,22-29,31-32H2,3-10H3,(H,60,73)/b17-16+,30-21+,35-18-/t34-,36+,37+,40+,41-,50-,51+,54-,59-/m0/s1. The van der Waals surface area contributed by atoms with Gasteiger partial charge in [0.1, 0.15) is 35.1 Å². The van der Waals surface area contributed by atoms with E-state index in [1.807, 2.05) is 30.3 Å². The normalized spacial score (nSPS) is 29.3. The summed E-state index contributed by atoms with van der Waals surface area (Å²) < 4.78 is 24.6. The van der Waals surface area contributed by atoms with E-state index in [1.165, 1.54) is 26.2 Å². The number of Topliss-reactive ketones (excluding diaryl/α,β-unsaturated/α-hetero) is 1. The van der Waals surface area contributed by atoms with Crippen molar-refractivity contribution in [2.75, 3.05) is 63.1 Å². The van der Waals surface area contributed by atoms with Gasteiger partial charge >= 0.3 is 11.8 Å². The number of benzene rings is 3. The topological polar surface area (TPSA) is 233 Å². The molecule has 0 saturated carbocycles. The molecule has 410 valence electrons. The molecule has 9 rings (SSSR count). The lowest BCUT2D eigenvalue weighted by molar-refractivity contribution is -0.163. The largest absolute Gasteiger partial charge is 0.507 e. The molecule has 6 aliphatic heterocycles. The zero-order valence-electron chi connectivity index (χ0n) is 45.2. The number of amides is 2. The number of anilines is 2.